The third-order valence-corrected chi connectivity index (χ3v) is 3.25. The minimum absolute atomic E-state index is 0.146. The molecule has 1 aromatic rings. The Kier molecular flexibility index (Phi) is 4.44. The van der Waals surface area contributed by atoms with E-state index in [9.17, 15) is 4.79 Å². The fourth-order valence-electron chi connectivity index (χ4n) is 1.60. The molecule has 1 heterocycles. The van der Waals surface area contributed by atoms with Gasteiger partial charge in [0.05, 0.1) is 6.54 Å². The van der Waals surface area contributed by atoms with Crippen molar-refractivity contribution in [1.82, 2.24) is 9.88 Å². The molecule has 5 heteroatoms. The van der Waals surface area contributed by atoms with E-state index in [0.717, 1.165) is 5.01 Å². The molecule has 0 aliphatic heterocycles. The summed E-state index contributed by atoms with van der Waals surface area (Å²) in [5.74, 6) is -0.955. The summed E-state index contributed by atoms with van der Waals surface area (Å²) in [4.78, 5) is 17.1. The molecule has 90 valence electrons. The molecule has 0 unspecified atom stereocenters. The van der Waals surface area contributed by atoms with Gasteiger partial charge >= 0.3 is 5.97 Å². The maximum atomic E-state index is 10.7. The van der Waals surface area contributed by atoms with Crippen LogP contribution in [-0.4, -0.2) is 33.0 Å². The van der Waals surface area contributed by atoms with Crippen LogP contribution >= 0.6 is 11.3 Å². The molecule has 16 heavy (non-hydrogen) atoms. The van der Waals surface area contributed by atoms with Gasteiger partial charge in [0.1, 0.15) is 5.01 Å². The molecule has 1 aromatic heterocycles. The Labute approximate surface area is 99.9 Å². The maximum Gasteiger partial charge on any atom is 0.355 e. The topological polar surface area (TPSA) is 53.4 Å². The van der Waals surface area contributed by atoms with E-state index in [1.807, 2.05) is 0 Å². The van der Waals surface area contributed by atoms with Gasteiger partial charge in [0.2, 0.25) is 0 Å². The minimum atomic E-state index is -0.955. The van der Waals surface area contributed by atoms with Gasteiger partial charge in [-0.05, 0) is 27.7 Å². The van der Waals surface area contributed by atoms with Gasteiger partial charge in [-0.25, -0.2) is 9.78 Å². The smallest absolute Gasteiger partial charge is 0.355 e. The molecule has 1 N–H and O–H groups in total. The van der Waals surface area contributed by atoms with Crippen molar-refractivity contribution in [2.24, 2.45) is 0 Å². The first-order valence-corrected chi connectivity index (χ1v) is 6.23. The van der Waals surface area contributed by atoms with Gasteiger partial charge in [-0.2, -0.15) is 0 Å². The van der Waals surface area contributed by atoms with Crippen molar-refractivity contribution in [3.05, 3.63) is 16.1 Å². The van der Waals surface area contributed by atoms with Gasteiger partial charge in [0.25, 0.3) is 0 Å². The summed E-state index contributed by atoms with van der Waals surface area (Å²) in [6.07, 6.45) is 0. The van der Waals surface area contributed by atoms with E-state index in [0.29, 0.717) is 18.6 Å². The van der Waals surface area contributed by atoms with Crippen LogP contribution in [0.25, 0.3) is 0 Å². The highest BCUT2D eigenvalue weighted by atomic mass is 32.1. The molecule has 0 aliphatic carbocycles. The van der Waals surface area contributed by atoms with E-state index >= 15 is 0 Å². The van der Waals surface area contributed by atoms with E-state index in [-0.39, 0.29) is 5.69 Å². The second-order valence-electron chi connectivity index (χ2n) is 4.29. The Balaban J connectivity index is 2.74. The maximum absolute atomic E-state index is 10.7. The first-order chi connectivity index (χ1) is 7.41. The van der Waals surface area contributed by atoms with Crippen molar-refractivity contribution in [2.75, 3.05) is 0 Å². The fraction of sp³-hybridized carbons (Fsp3) is 0.636. The van der Waals surface area contributed by atoms with Crippen molar-refractivity contribution in [3.8, 4) is 0 Å². The normalized spacial score (nSPS) is 11.7. The van der Waals surface area contributed by atoms with E-state index in [2.05, 4.69) is 37.6 Å². The number of rotatable bonds is 5. The Morgan fingerprint density at radius 3 is 2.38 bits per heavy atom. The van der Waals surface area contributed by atoms with E-state index in [4.69, 9.17) is 5.11 Å². The first kappa shape index (κ1) is 13.1. The van der Waals surface area contributed by atoms with Gasteiger partial charge in [0, 0.05) is 17.5 Å². The zero-order valence-corrected chi connectivity index (χ0v) is 10.9. The van der Waals surface area contributed by atoms with Crippen molar-refractivity contribution >= 4 is 17.3 Å². The SMILES string of the molecule is CC(C)N(Cc1nc(C(=O)O)cs1)C(C)C. The molecule has 0 radical (unpaired) electrons. The third kappa shape index (κ3) is 3.28. The summed E-state index contributed by atoms with van der Waals surface area (Å²) in [5.41, 5.74) is 0.146. The molecule has 0 bridgehead atoms. The summed E-state index contributed by atoms with van der Waals surface area (Å²) in [7, 11) is 0. The molecule has 0 fully saturated rings. The van der Waals surface area contributed by atoms with Gasteiger partial charge in [-0.3, -0.25) is 4.90 Å². The Bertz CT molecular complexity index is 353. The molecule has 4 nitrogen and oxygen atoms in total. The summed E-state index contributed by atoms with van der Waals surface area (Å²) in [6, 6.07) is 0.856. The van der Waals surface area contributed by atoms with Crippen LogP contribution in [0, 0.1) is 0 Å². The molecule has 0 amide bonds. The van der Waals surface area contributed by atoms with Crippen LogP contribution < -0.4 is 0 Å². The highest BCUT2D eigenvalue weighted by molar-refractivity contribution is 7.09. The number of carboxylic acids is 1. The highest BCUT2D eigenvalue weighted by Crippen LogP contribution is 2.16. The summed E-state index contributed by atoms with van der Waals surface area (Å²) in [5, 5.41) is 11.2. The molecule has 0 aliphatic rings. The lowest BCUT2D eigenvalue weighted by atomic mass is 10.2. The molecule has 1 rings (SSSR count). The van der Waals surface area contributed by atoms with Crippen LogP contribution in [0.3, 0.4) is 0 Å². The molecular formula is C11H18N2O2S. The fourth-order valence-corrected chi connectivity index (χ4v) is 2.38. The van der Waals surface area contributed by atoms with Crippen molar-refractivity contribution in [2.45, 2.75) is 46.3 Å². The molecule has 0 aromatic carbocycles. The predicted molar refractivity (Wildman–Crippen MR) is 64.9 cm³/mol. The Morgan fingerprint density at radius 1 is 1.44 bits per heavy atom. The number of carboxylic acid groups (broad SMARTS) is 1. The van der Waals surface area contributed by atoms with E-state index < -0.39 is 5.97 Å². The van der Waals surface area contributed by atoms with Crippen LogP contribution in [0.15, 0.2) is 5.38 Å². The van der Waals surface area contributed by atoms with Gasteiger partial charge < -0.3 is 5.11 Å². The molecule has 0 saturated heterocycles. The number of hydrogen-bond donors (Lipinski definition) is 1. The molecule has 0 spiro atoms. The van der Waals surface area contributed by atoms with Crippen molar-refractivity contribution in [1.29, 1.82) is 0 Å². The second-order valence-corrected chi connectivity index (χ2v) is 5.23. The first-order valence-electron chi connectivity index (χ1n) is 5.35. The van der Waals surface area contributed by atoms with Crippen LogP contribution in [0.1, 0.15) is 43.2 Å². The summed E-state index contributed by atoms with van der Waals surface area (Å²) in [6.45, 7) is 9.24. The van der Waals surface area contributed by atoms with Crippen LogP contribution in [0.5, 0.6) is 0 Å². The minimum Gasteiger partial charge on any atom is -0.476 e. The Hall–Kier alpha value is -0.940. The van der Waals surface area contributed by atoms with Gasteiger partial charge in [0.15, 0.2) is 5.69 Å². The zero-order valence-electron chi connectivity index (χ0n) is 10.1. The van der Waals surface area contributed by atoms with Crippen LogP contribution in [0.4, 0.5) is 0 Å². The molecule has 0 atom stereocenters. The average molecular weight is 242 g/mol. The lowest BCUT2D eigenvalue weighted by molar-refractivity contribution is 0.0691. The average Bonchev–Trinajstić information content (AvgIpc) is 2.61. The van der Waals surface area contributed by atoms with Crippen molar-refractivity contribution < 1.29 is 9.90 Å². The Morgan fingerprint density at radius 2 is 2.00 bits per heavy atom. The molecule has 0 saturated carbocycles. The van der Waals surface area contributed by atoms with Crippen LogP contribution in [-0.2, 0) is 6.54 Å². The lowest BCUT2D eigenvalue weighted by Gasteiger charge is -2.29. The number of thiazole rings is 1. The van der Waals surface area contributed by atoms with Gasteiger partial charge in [-0.1, -0.05) is 0 Å². The number of carbonyl (C=O) groups is 1. The van der Waals surface area contributed by atoms with Crippen LogP contribution in [0.2, 0.25) is 0 Å². The van der Waals surface area contributed by atoms with Gasteiger partial charge in [-0.15, -0.1) is 11.3 Å². The van der Waals surface area contributed by atoms with E-state index in [1.165, 1.54) is 11.3 Å². The monoisotopic (exact) mass is 242 g/mol. The highest BCUT2D eigenvalue weighted by Gasteiger charge is 2.16. The lowest BCUT2D eigenvalue weighted by Crippen LogP contribution is -2.36. The van der Waals surface area contributed by atoms with E-state index in [1.54, 1.807) is 5.38 Å². The molecular weight excluding hydrogens is 224 g/mol. The number of hydrogen-bond acceptors (Lipinski definition) is 4. The summed E-state index contributed by atoms with van der Waals surface area (Å²) >= 11 is 1.41. The zero-order chi connectivity index (χ0) is 12.3. The number of nitrogens with zero attached hydrogens (tertiary/aromatic N) is 2. The second kappa shape index (κ2) is 5.41. The quantitative estimate of drug-likeness (QED) is 0.861. The number of aromatic carboxylic acids is 1. The third-order valence-electron chi connectivity index (χ3n) is 2.42. The standard InChI is InChI=1S/C11H18N2O2S/c1-7(2)13(8(3)4)5-10-12-9(6-16-10)11(14)15/h6-8H,5H2,1-4H3,(H,14,15). The number of aromatic nitrogens is 1. The van der Waals surface area contributed by atoms with Crippen molar-refractivity contribution in [3.63, 3.8) is 0 Å². The predicted octanol–water partition coefficient (Wildman–Crippen LogP) is 2.46. The summed E-state index contributed by atoms with van der Waals surface area (Å²) < 4.78 is 0. The largest absolute Gasteiger partial charge is 0.476 e.